The zero-order valence-electron chi connectivity index (χ0n) is 12.7. The molecular formula is C17H18FN3O2. The predicted molar refractivity (Wildman–Crippen MR) is 81.8 cm³/mol. The van der Waals surface area contributed by atoms with Crippen LogP contribution in [0.4, 0.5) is 10.1 Å². The number of benzene rings is 1. The molecule has 0 bridgehead atoms. The third kappa shape index (κ3) is 3.50. The van der Waals surface area contributed by atoms with E-state index in [1.165, 1.54) is 12.1 Å². The van der Waals surface area contributed by atoms with Crippen LogP contribution >= 0.6 is 0 Å². The van der Waals surface area contributed by atoms with Gasteiger partial charge >= 0.3 is 0 Å². The van der Waals surface area contributed by atoms with Crippen molar-refractivity contribution in [1.82, 2.24) is 4.90 Å². The van der Waals surface area contributed by atoms with Gasteiger partial charge < -0.3 is 10.2 Å². The maximum Gasteiger partial charge on any atom is 0.229 e. The molecule has 1 N–H and O–H groups in total. The summed E-state index contributed by atoms with van der Waals surface area (Å²) in [5.74, 6) is -0.733. The van der Waals surface area contributed by atoms with Gasteiger partial charge in [0.15, 0.2) is 0 Å². The van der Waals surface area contributed by atoms with Gasteiger partial charge in [0.2, 0.25) is 11.8 Å². The number of halogens is 1. The summed E-state index contributed by atoms with van der Waals surface area (Å²) < 4.78 is 13.3. The standard InChI is InChI=1S/C17H18FN3O2/c18-15-6-5-14(8-13(15)9-19)20-16(22)12-2-1-7-21(10-12)17(23)11-3-4-11/h5-6,8,11-12H,1-4,7,10H2,(H,20,22)/t12-/m0/s1. The lowest BCUT2D eigenvalue weighted by Gasteiger charge is -2.32. The summed E-state index contributed by atoms with van der Waals surface area (Å²) in [7, 11) is 0. The van der Waals surface area contributed by atoms with E-state index in [9.17, 15) is 14.0 Å². The number of piperidine rings is 1. The lowest BCUT2D eigenvalue weighted by atomic mass is 9.96. The van der Waals surface area contributed by atoms with E-state index in [4.69, 9.17) is 5.26 Å². The summed E-state index contributed by atoms with van der Waals surface area (Å²) >= 11 is 0. The van der Waals surface area contributed by atoms with E-state index in [2.05, 4.69) is 5.32 Å². The molecule has 1 saturated heterocycles. The van der Waals surface area contributed by atoms with E-state index >= 15 is 0 Å². The second-order valence-corrected chi connectivity index (χ2v) is 6.19. The van der Waals surface area contributed by atoms with Gasteiger partial charge in [-0.25, -0.2) is 4.39 Å². The average Bonchev–Trinajstić information content (AvgIpc) is 3.41. The molecular weight excluding hydrogens is 297 g/mol. The molecule has 1 heterocycles. The van der Waals surface area contributed by atoms with E-state index in [1.807, 2.05) is 0 Å². The van der Waals surface area contributed by atoms with Crippen molar-refractivity contribution in [3.05, 3.63) is 29.6 Å². The first-order valence-electron chi connectivity index (χ1n) is 7.88. The minimum atomic E-state index is -0.607. The van der Waals surface area contributed by atoms with Crippen LogP contribution in [-0.4, -0.2) is 29.8 Å². The van der Waals surface area contributed by atoms with Crippen molar-refractivity contribution in [3.8, 4) is 6.07 Å². The Morgan fingerprint density at radius 2 is 2.04 bits per heavy atom. The largest absolute Gasteiger partial charge is 0.342 e. The Morgan fingerprint density at radius 1 is 1.26 bits per heavy atom. The first kappa shape index (κ1) is 15.5. The Morgan fingerprint density at radius 3 is 2.74 bits per heavy atom. The molecule has 1 aliphatic carbocycles. The Hall–Kier alpha value is -2.42. The van der Waals surface area contributed by atoms with Gasteiger partial charge in [0.25, 0.3) is 0 Å². The van der Waals surface area contributed by atoms with Crippen LogP contribution in [0.3, 0.4) is 0 Å². The zero-order chi connectivity index (χ0) is 16.4. The molecule has 2 fully saturated rings. The van der Waals surface area contributed by atoms with Crippen molar-refractivity contribution in [2.24, 2.45) is 11.8 Å². The molecule has 2 amide bonds. The highest BCUT2D eigenvalue weighted by molar-refractivity contribution is 5.93. The number of anilines is 1. The maximum atomic E-state index is 13.3. The monoisotopic (exact) mass is 315 g/mol. The molecule has 1 aliphatic heterocycles. The van der Waals surface area contributed by atoms with Crippen LogP contribution in [0, 0.1) is 29.0 Å². The van der Waals surface area contributed by atoms with Gasteiger partial charge in [0.05, 0.1) is 11.5 Å². The van der Waals surface area contributed by atoms with Gasteiger partial charge in [-0.15, -0.1) is 0 Å². The topological polar surface area (TPSA) is 73.2 Å². The van der Waals surface area contributed by atoms with Crippen molar-refractivity contribution in [1.29, 1.82) is 5.26 Å². The highest BCUT2D eigenvalue weighted by Gasteiger charge is 2.36. The number of nitrogens with zero attached hydrogens (tertiary/aromatic N) is 2. The Bertz CT molecular complexity index is 679. The van der Waals surface area contributed by atoms with E-state index in [-0.39, 0.29) is 29.2 Å². The zero-order valence-corrected chi connectivity index (χ0v) is 12.7. The fourth-order valence-electron chi connectivity index (χ4n) is 2.91. The second kappa shape index (κ2) is 6.37. The van der Waals surface area contributed by atoms with Crippen LogP contribution in [-0.2, 0) is 9.59 Å². The maximum absolute atomic E-state index is 13.3. The minimum Gasteiger partial charge on any atom is -0.342 e. The normalized spacial score (nSPS) is 20.7. The SMILES string of the molecule is N#Cc1cc(NC(=O)[C@H]2CCCN(C(=O)C3CC3)C2)ccc1F. The summed E-state index contributed by atoms with van der Waals surface area (Å²) in [5.41, 5.74) is 0.301. The number of carbonyl (C=O) groups is 2. The summed E-state index contributed by atoms with van der Waals surface area (Å²) in [6.07, 6.45) is 3.45. The molecule has 1 aromatic rings. The van der Waals surface area contributed by atoms with E-state index in [0.29, 0.717) is 18.8 Å². The third-order valence-corrected chi connectivity index (χ3v) is 4.38. The van der Waals surface area contributed by atoms with Crippen LogP contribution in [0.5, 0.6) is 0 Å². The van der Waals surface area contributed by atoms with Gasteiger partial charge in [0.1, 0.15) is 11.9 Å². The molecule has 0 radical (unpaired) electrons. The number of hydrogen-bond acceptors (Lipinski definition) is 3. The molecule has 3 rings (SSSR count). The molecule has 0 spiro atoms. The van der Waals surface area contributed by atoms with E-state index in [1.54, 1.807) is 11.0 Å². The van der Waals surface area contributed by atoms with E-state index in [0.717, 1.165) is 31.7 Å². The molecule has 0 aromatic heterocycles. The molecule has 2 aliphatic rings. The Balaban J connectivity index is 1.63. The summed E-state index contributed by atoms with van der Waals surface area (Å²) in [6.45, 7) is 1.15. The highest BCUT2D eigenvalue weighted by atomic mass is 19.1. The number of nitrogens with one attached hydrogen (secondary N) is 1. The van der Waals surface area contributed by atoms with Crippen molar-refractivity contribution < 1.29 is 14.0 Å². The minimum absolute atomic E-state index is 0.100. The fraction of sp³-hybridized carbons (Fsp3) is 0.471. The third-order valence-electron chi connectivity index (χ3n) is 4.38. The fourth-order valence-corrected chi connectivity index (χ4v) is 2.91. The molecule has 1 aromatic carbocycles. The highest BCUT2D eigenvalue weighted by Crippen LogP contribution is 2.32. The van der Waals surface area contributed by atoms with Crippen molar-refractivity contribution in [2.75, 3.05) is 18.4 Å². The van der Waals surface area contributed by atoms with E-state index < -0.39 is 5.82 Å². The summed E-state index contributed by atoms with van der Waals surface area (Å²) in [4.78, 5) is 26.3. The summed E-state index contributed by atoms with van der Waals surface area (Å²) in [5, 5.41) is 11.6. The first-order valence-corrected chi connectivity index (χ1v) is 7.88. The van der Waals surface area contributed by atoms with Gasteiger partial charge in [-0.1, -0.05) is 0 Å². The van der Waals surface area contributed by atoms with Gasteiger partial charge in [-0.3, -0.25) is 9.59 Å². The average molecular weight is 315 g/mol. The lowest BCUT2D eigenvalue weighted by Crippen LogP contribution is -2.44. The number of likely N-dealkylation sites (tertiary alicyclic amines) is 1. The molecule has 5 nitrogen and oxygen atoms in total. The number of hydrogen-bond donors (Lipinski definition) is 1. The molecule has 120 valence electrons. The van der Waals surface area contributed by atoms with Crippen molar-refractivity contribution >= 4 is 17.5 Å². The predicted octanol–water partition coefficient (Wildman–Crippen LogP) is 2.28. The molecule has 1 atom stereocenters. The molecule has 0 unspecified atom stereocenters. The van der Waals surface area contributed by atoms with Crippen LogP contribution in [0.2, 0.25) is 0 Å². The van der Waals surface area contributed by atoms with Crippen molar-refractivity contribution in [3.63, 3.8) is 0 Å². The number of carbonyl (C=O) groups excluding carboxylic acids is 2. The van der Waals surface area contributed by atoms with Crippen molar-refractivity contribution in [2.45, 2.75) is 25.7 Å². The Kier molecular flexibility index (Phi) is 4.28. The van der Waals surface area contributed by atoms with Gasteiger partial charge in [-0.2, -0.15) is 5.26 Å². The van der Waals surface area contributed by atoms with Crippen LogP contribution < -0.4 is 5.32 Å². The summed E-state index contributed by atoms with van der Waals surface area (Å²) in [6, 6.07) is 5.67. The number of amides is 2. The molecule has 23 heavy (non-hydrogen) atoms. The molecule has 6 heteroatoms. The number of rotatable bonds is 3. The van der Waals surface area contributed by atoms with Crippen LogP contribution in [0.1, 0.15) is 31.2 Å². The Labute approximate surface area is 134 Å². The number of nitriles is 1. The molecule has 1 saturated carbocycles. The smallest absolute Gasteiger partial charge is 0.229 e. The second-order valence-electron chi connectivity index (χ2n) is 6.19. The van der Waals surface area contributed by atoms with Crippen LogP contribution in [0.15, 0.2) is 18.2 Å². The first-order chi connectivity index (χ1) is 11.1. The van der Waals surface area contributed by atoms with Crippen LogP contribution in [0.25, 0.3) is 0 Å². The lowest BCUT2D eigenvalue weighted by molar-refractivity contribution is -0.135. The van der Waals surface area contributed by atoms with Gasteiger partial charge in [-0.05, 0) is 43.9 Å². The van der Waals surface area contributed by atoms with Gasteiger partial charge in [0, 0.05) is 24.7 Å². The quantitative estimate of drug-likeness (QED) is 0.930.